The fourth-order valence-corrected chi connectivity index (χ4v) is 3.30. The summed E-state index contributed by atoms with van der Waals surface area (Å²) in [6, 6.07) is 9.12. The Morgan fingerprint density at radius 2 is 1.90 bits per heavy atom. The highest BCUT2D eigenvalue weighted by atomic mass is 35.5. The number of hydrogen-bond acceptors (Lipinski definition) is 7. The van der Waals surface area contributed by atoms with Gasteiger partial charge in [0.2, 0.25) is 0 Å². The summed E-state index contributed by atoms with van der Waals surface area (Å²) < 4.78 is 9.85. The van der Waals surface area contributed by atoms with Gasteiger partial charge in [-0.1, -0.05) is 30.2 Å². The second-order valence-corrected chi connectivity index (χ2v) is 7.26. The van der Waals surface area contributed by atoms with Crippen LogP contribution in [0, 0.1) is 18.3 Å². The standard InChI is InChI=1S/C23H26ClN3O4/c1-4-31-23(29)20-15(2)27-22(26-13-7-5-6-8-19(28)30-3)18(14-25)21(20)16-9-11-17(24)12-10-16/h9-12H,4-8,13H2,1-3H3,(H,26,27). The number of hydrogen-bond donors (Lipinski definition) is 1. The van der Waals surface area contributed by atoms with Gasteiger partial charge in [-0.15, -0.1) is 0 Å². The summed E-state index contributed by atoms with van der Waals surface area (Å²) in [6.45, 7) is 4.23. The van der Waals surface area contributed by atoms with Crippen LogP contribution in [-0.2, 0) is 14.3 Å². The summed E-state index contributed by atoms with van der Waals surface area (Å²) in [6.07, 6.45) is 2.72. The molecule has 0 amide bonds. The van der Waals surface area contributed by atoms with Gasteiger partial charge in [0, 0.05) is 23.6 Å². The minimum atomic E-state index is -0.525. The number of nitrogens with zero attached hydrogens (tertiary/aromatic N) is 2. The van der Waals surface area contributed by atoms with Crippen LogP contribution < -0.4 is 5.32 Å². The SMILES string of the molecule is CCOC(=O)c1c(C)nc(NCCCCCC(=O)OC)c(C#N)c1-c1ccc(Cl)cc1. The van der Waals surface area contributed by atoms with Crippen LogP contribution in [0.2, 0.25) is 5.02 Å². The number of pyridine rings is 1. The molecule has 164 valence electrons. The Morgan fingerprint density at radius 1 is 1.19 bits per heavy atom. The minimum absolute atomic E-state index is 0.214. The van der Waals surface area contributed by atoms with Crippen molar-refractivity contribution in [3.05, 3.63) is 46.1 Å². The number of nitrogens with one attached hydrogen (secondary N) is 1. The maximum Gasteiger partial charge on any atom is 0.340 e. The molecule has 0 radical (unpaired) electrons. The van der Waals surface area contributed by atoms with Gasteiger partial charge < -0.3 is 14.8 Å². The largest absolute Gasteiger partial charge is 0.469 e. The van der Waals surface area contributed by atoms with Crippen LogP contribution in [0.4, 0.5) is 5.82 Å². The second kappa shape index (κ2) is 11.9. The van der Waals surface area contributed by atoms with Crippen LogP contribution in [0.1, 0.15) is 54.2 Å². The number of carbonyl (C=O) groups excluding carboxylic acids is 2. The predicted octanol–water partition coefficient (Wildman–Crippen LogP) is 4.90. The monoisotopic (exact) mass is 443 g/mol. The maximum atomic E-state index is 12.7. The third-order valence-electron chi connectivity index (χ3n) is 4.68. The fourth-order valence-electron chi connectivity index (χ4n) is 3.18. The number of esters is 2. The minimum Gasteiger partial charge on any atom is -0.469 e. The van der Waals surface area contributed by atoms with Gasteiger partial charge in [0.1, 0.15) is 17.5 Å². The number of methoxy groups -OCH3 is 1. The van der Waals surface area contributed by atoms with Gasteiger partial charge in [-0.2, -0.15) is 5.26 Å². The summed E-state index contributed by atoms with van der Waals surface area (Å²) in [5, 5.41) is 13.7. The van der Waals surface area contributed by atoms with Crippen LogP contribution >= 0.6 is 11.6 Å². The quantitative estimate of drug-likeness (QED) is 0.411. The number of rotatable bonds is 10. The highest BCUT2D eigenvalue weighted by molar-refractivity contribution is 6.30. The molecule has 0 unspecified atom stereocenters. The summed E-state index contributed by atoms with van der Waals surface area (Å²) >= 11 is 6.02. The van der Waals surface area contributed by atoms with Crippen molar-refractivity contribution in [2.45, 2.75) is 39.5 Å². The van der Waals surface area contributed by atoms with E-state index in [1.165, 1.54) is 7.11 Å². The summed E-state index contributed by atoms with van der Waals surface area (Å²) in [4.78, 5) is 28.3. The molecule has 0 aliphatic heterocycles. The van der Waals surface area contributed by atoms with Crippen molar-refractivity contribution in [3.63, 3.8) is 0 Å². The van der Waals surface area contributed by atoms with Crippen molar-refractivity contribution in [3.8, 4) is 17.2 Å². The summed E-state index contributed by atoms with van der Waals surface area (Å²) in [5.41, 5.74) is 2.15. The highest BCUT2D eigenvalue weighted by Gasteiger charge is 2.24. The van der Waals surface area contributed by atoms with Crippen LogP contribution in [-0.4, -0.2) is 37.2 Å². The van der Waals surface area contributed by atoms with E-state index in [1.807, 2.05) is 0 Å². The smallest absolute Gasteiger partial charge is 0.340 e. The Bertz CT molecular complexity index is 968. The van der Waals surface area contributed by atoms with Crippen LogP contribution in [0.5, 0.6) is 0 Å². The number of carbonyl (C=O) groups is 2. The first-order valence-electron chi connectivity index (χ1n) is 10.1. The number of nitriles is 1. The third kappa shape index (κ3) is 6.43. The van der Waals surface area contributed by atoms with E-state index >= 15 is 0 Å². The predicted molar refractivity (Wildman–Crippen MR) is 119 cm³/mol. The molecule has 0 saturated carbocycles. The molecular formula is C23H26ClN3O4. The van der Waals surface area contributed by atoms with Gasteiger partial charge in [-0.05, 0) is 44.4 Å². The van der Waals surface area contributed by atoms with E-state index in [2.05, 4.69) is 21.1 Å². The molecule has 0 saturated heterocycles. The molecule has 0 aliphatic carbocycles. The molecule has 1 heterocycles. The number of ether oxygens (including phenoxy) is 2. The lowest BCUT2D eigenvalue weighted by Crippen LogP contribution is -2.15. The average molecular weight is 444 g/mol. The first-order chi connectivity index (χ1) is 14.9. The van der Waals surface area contributed by atoms with E-state index in [0.717, 1.165) is 19.3 Å². The van der Waals surface area contributed by atoms with Gasteiger partial charge in [0.25, 0.3) is 0 Å². The van der Waals surface area contributed by atoms with E-state index in [0.29, 0.717) is 40.6 Å². The molecule has 0 atom stereocenters. The third-order valence-corrected chi connectivity index (χ3v) is 4.93. The molecule has 2 rings (SSSR count). The molecule has 2 aromatic rings. The molecule has 0 spiro atoms. The second-order valence-electron chi connectivity index (χ2n) is 6.82. The summed E-state index contributed by atoms with van der Waals surface area (Å²) in [5.74, 6) is -0.339. The maximum absolute atomic E-state index is 12.7. The van der Waals surface area contributed by atoms with Crippen molar-refractivity contribution in [2.75, 3.05) is 25.6 Å². The van der Waals surface area contributed by atoms with Crippen molar-refractivity contribution < 1.29 is 19.1 Å². The Balaban J connectivity index is 2.34. The van der Waals surface area contributed by atoms with E-state index in [9.17, 15) is 14.9 Å². The van der Waals surface area contributed by atoms with Crippen LogP contribution in [0.25, 0.3) is 11.1 Å². The van der Waals surface area contributed by atoms with Gasteiger partial charge >= 0.3 is 11.9 Å². The fraction of sp³-hybridized carbons (Fsp3) is 0.391. The van der Waals surface area contributed by atoms with E-state index < -0.39 is 5.97 Å². The van der Waals surface area contributed by atoms with Gasteiger partial charge in [0.05, 0.1) is 25.0 Å². The van der Waals surface area contributed by atoms with Crippen LogP contribution in [0.15, 0.2) is 24.3 Å². The zero-order valence-electron chi connectivity index (χ0n) is 18.0. The van der Waals surface area contributed by atoms with Crippen molar-refractivity contribution >= 4 is 29.4 Å². The lowest BCUT2D eigenvalue weighted by Gasteiger charge is -2.17. The molecule has 0 aliphatic rings. The first-order valence-corrected chi connectivity index (χ1v) is 10.5. The zero-order valence-corrected chi connectivity index (χ0v) is 18.7. The molecule has 31 heavy (non-hydrogen) atoms. The van der Waals surface area contributed by atoms with Gasteiger partial charge in [0.15, 0.2) is 0 Å². The normalized spacial score (nSPS) is 10.3. The topological polar surface area (TPSA) is 101 Å². The van der Waals surface area contributed by atoms with Crippen LogP contribution in [0.3, 0.4) is 0 Å². The average Bonchev–Trinajstić information content (AvgIpc) is 2.76. The molecule has 7 nitrogen and oxygen atoms in total. The van der Waals surface area contributed by atoms with E-state index in [-0.39, 0.29) is 23.7 Å². The Labute approximate surface area is 187 Å². The Kier molecular flexibility index (Phi) is 9.29. The number of unbranched alkanes of at least 4 members (excludes halogenated alkanes) is 2. The van der Waals surface area contributed by atoms with Crippen molar-refractivity contribution in [2.24, 2.45) is 0 Å². The Hall–Kier alpha value is -3.11. The molecule has 1 aromatic heterocycles. The lowest BCUT2D eigenvalue weighted by molar-refractivity contribution is -0.140. The number of aromatic nitrogens is 1. The molecule has 1 N–H and O–H groups in total. The van der Waals surface area contributed by atoms with Gasteiger partial charge in [-0.25, -0.2) is 9.78 Å². The molecule has 1 aromatic carbocycles. The molecule has 8 heteroatoms. The number of aryl methyl sites for hydroxylation is 1. The lowest BCUT2D eigenvalue weighted by atomic mass is 9.94. The Morgan fingerprint density at radius 3 is 2.52 bits per heavy atom. The first kappa shape index (κ1) is 24.2. The van der Waals surface area contributed by atoms with E-state index in [1.54, 1.807) is 38.1 Å². The number of benzene rings is 1. The van der Waals surface area contributed by atoms with Crippen molar-refractivity contribution in [1.29, 1.82) is 5.26 Å². The highest BCUT2D eigenvalue weighted by Crippen LogP contribution is 2.34. The number of anilines is 1. The molecule has 0 fully saturated rings. The van der Waals surface area contributed by atoms with Gasteiger partial charge in [-0.3, -0.25) is 4.79 Å². The van der Waals surface area contributed by atoms with Crippen molar-refractivity contribution in [1.82, 2.24) is 4.98 Å². The summed E-state index contributed by atoms with van der Waals surface area (Å²) in [7, 11) is 1.37. The van der Waals surface area contributed by atoms with E-state index in [4.69, 9.17) is 16.3 Å². The number of halogens is 1. The molecule has 0 bridgehead atoms. The molecular weight excluding hydrogens is 418 g/mol. The zero-order chi connectivity index (χ0) is 22.8.